The van der Waals surface area contributed by atoms with Crippen molar-refractivity contribution < 1.29 is 28.6 Å². The van der Waals surface area contributed by atoms with E-state index in [9.17, 15) is 14.4 Å². The highest BCUT2D eigenvalue weighted by molar-refractivity contribution is 5.71. The van der Waals surface area contributed by atoms with E-state index in [1.807, 2.05) is 0 Å². The summed E-state index contributed by atoms with van der Waals surface area (Å²) >= 11 is 0. The molecule has 0 N–H and O–H groups in total. The number of rotatable bonds is 62. The number of ether oxygens (including phenoxy) is 3. The van der Waals surface area contributed by atoms with Gasteiger partial charge < -0.3 is 14.2 Å². The van der Waals surface area contributed by atoms with Crippen LogP contribution in [0.1, 0.15) is 329 Å². The Hall–Kier alpha value is -3.93. The maximum Gasteiger partial charge on any atom is 0.306 e. The van der Waals surface area contributed by atoms with Crippen molar-refractivity contribution in [3.63, 3.8) is 0 Å². The molecule has 0 fully saturated rings. The lowest BCUT2D eigenvalue weighted by molar-refractivity contribution is -0.167. The van der Waals surface area contributed by atoms with E-state index in [4.69, 9.17) is 14.2 Å². The first-order valence-electron chi connectivity index (χ1n) is 34.4. The van der Waals surface area contributed by atoms with E-state index in [2.05, 4.69) is 130 Å². The number of hydrogen-bond acceptors (Lipinski definition) is 6. The Morgan fingerprint density at radius 1 is 0.259 bits per heavy atom. The molecule has 1 unspecified atom stereocenters. The summed E-state index contributed by atoms with van der Waals surface area (Å²) in [6, 6.07) is 0. The number of hydrogen-bond donors (Lipinski definition) is 0. The first kappa shape index (κ1) is 77.1. The standard InChI is InChI=1S/C75H128O6/c1-4-7-10-13-16-19-22-25-27-28-29-30-31-32-33-34-35-36-37-38-39-40-41-42-43-44-45-46-48-50-53-56-59-62-65-68-74(77)80-71-72(70-79-73(76)67-64-61-58-55-52-49-24-21-18-15-12-9-6-3)81-75(78)69-66-63-60-57-54-51-47-26-23-20-17-14-11-8-5-2/h7,10,16,19,25,27,29-30,32-33,35-36,38-39,41-42,44-45,72H,4-6,8-9,11-15,17-18,20-24,26,28,31,34,37,40,43,46-71H2,1-3H3/b10-7-,19-16-,27-25-,30-29-,33-32-,36-35-,39-38-,42-41-,45-44-. The monoisotopic (exact) mass is 1120 g/mol. The van der Waals surface area contributed by atoms with Crippen molar-refractivity contribution in [1.29, 1.82) is 0 Å². The first-order valence-corrected chi connectivity index (χ1v) is 34.4. The summed E-state index contributed by atoms with van der Waals surface area (Å²) in [6.45, 7) is 6.55. The molecule has 0 heterocycles. The fraction of sp³-hybridized carbons (Fsp3) is 0.720. The highest BCUT2D eigenvalue weighted by atomic mass is 16.6. The molecule has 0 aromatic rings. The number of carbonyl (C=O) groups is 3. The molecule has 464 valence electrons. The summed E-state index contributed by atoms with van der Waals surface area (Å²) in [5, 5.41) is 0. The van der Waals surface area contributed by atoms with Gasteiger partial charge in [-0.2, -0.15) is 0 Å². The predicted molar refractivity (Wildman–Crippen MR) is 353 cm³/mol. The Bertz CT molecular complexity index is 1620. The Balaban J connectivity index is 4.24. The largest absolute Gasteiger partial charge is 0.462 e. The quantitative estimate of drug-likeness (QED) is 0.0261. The molecule has 0 radical (unpaired) electrons. The summed E-state index contributed by atoms with van der Waals surface area (Å²) < 4.78 is 16.9. The molecule has 0 aromatic carbocycles. The van der Waals surface area contributed by atoms with E-state index in [1.165, 1.54) is 167 Å². The van der Waals surface area contributed by atoms with Gasteiger partial charge >= 0.3 is 17.9 Å². The Morgan fingerprint density at radius 2 is 0.481 bits per heavy atom. The zero-order valence-electron chi connectivity index (χ0n) is 53.3. The van der Waals surface area contributed by atoms with Gasteiger partial charge in [0.2, 0.25) is 0 Å². The van der Waals surface area contributed by atoms with Crippen LogP contribution in [0.15, 0.2) is 109 Å². The third-order valence-corrected chi connectivity index (χ3v) is 14.8. The third kappa shape index (κ3) is 66.8. The molecule has 81 heavy (non-hydrogen) atoms. The molecular weight excluding hydrogens is 997 g/mol. The second kappa shape index (κ2) is 68.6. The summed E-state index contributed by atoms with van der Waals surface area (Å²) in [6.07, 6.45) is 93.9. The van der Waals surface area contributed by atoms with Gasteiger partial charge in [-0.1, -0.05) is 329 Å². The van der Waals surface area contributed by atoms with Crippen LogP contribution in [0.2, 0.25) is 0 Å². The Kier molecular flexibility index (Phi) is 65.2. The van der Waals surface area contributed by atoms with Crippen LogP contribution in [0.3, 0.4) is 0 Å². The van der Waals surface area contributed by atoms with E-state index < -0.39 is 6.10 Å². The first-order chi connectivity index (χ1) is 40.0. The molecule has 0 aliphatic carbocycles. The van der Waals surface area contributed by atoms with Gasteiger partial charge in [0.05, 0.1) is 0 Å². The van der Waals surface area contributed by atoms with Crippen molar-refractivity contribution in [3.8, 4) is 0 Å². The second-order valence-corrected chi connectivity index (χ2v) is 22.7. The van der Waals surface area contributed by atoms with Crippen LogP contribution >= 0.6 is 0 Å². The fourth-order valence-corrected chi connectivity index (χ4v) is 9.67. The Morgan fingerprint density at radius 3 is 0.753 bits per heavy atom. The van der Waals surface area contributed by atoms with E-state index in [0.717, 1.165) is 122 Å². The molecule has 1 atom stereocenters. The Labute approximate surface area is 501 Å². The lowest BCUT2D eigenvalue weighted by Crippen LogP contribution is -2.30. The van der Waals surface area contributed by atoms with Crippen LogP contribution in [-0.4, -0.2) is 37.2 Å². The van der Waals surface area contributed by atoms with Gasteiger partial charge in [-0.15, -0.1) is 0 Å². The average Bonchev–Trinajstić information content (AvgIpc) is 3.46. The third-order valence-electron chi connectivity index (χ3n) is 14.8. The van der Waals surface area contributed by atoms with Crippen LogP contribution in [0.5, 0.6) is 0 Å². The zero-order chi connectivity index (χ0) is 58.5. The van der Waals surface area contributed by atoms with Crippen LogP contribution in [0.4, 0.5) is 0 Å². The zero-order valence-corrected chi connectivity index (χ0v) is 53.3. The average molecular weight is 1130 g/mol. The van der Waals surface area contributed by atoms with Gasteiger partial charge in [0.15, 0.2) is 6.10 Å². The van der Waals surface area contributed by atoms with E-state index >= 15 is 0 Å². The molecule has 0 spiro atoms. The van der Waals surface area contributed by atoms with Crippen molar-refractivity contribution in [3.05, 3.63) is 109 Å². The van der Waals surface area contributed by atoms with Crippen molar-refractivity contribution >= 4 is 17.9 Å². The molecule has 0 aliphatic heterocycles. The maximum atomic E-state index is 12.9. The van der Waals surface area contributed by atoms with E-state index in [1.54, 1.807) is 0 Å². The summed E-state index contributed by atoms with van der Waals surface area (Å²) in [5.74, 6) is -0.873. The number of allylic oxidation sites excluding steroid dienone is 18. The van der Waals surface area contributed by atoms with E-state index in [0.29, 0.717) is 19.3 Å². The molecular formula is C75H128O6. The number of esters is 3. The van der Waals surface area contributed by atoms with Gasteiger partial charge in [-0.25, -0.2) is 0 Å². The van der Waals surface area contributed by atoms with Crippen LogP contribution < -0.4 is 0 Å². The molecule has 0 saturated heterocycles. The highest BCUT2D eigenvalue weighted by Gasteiger charge is 2.19. The fourth-order valence-electron chi connectivity index (χ4n) is 9.67. The van der Waals surface area contributed by atoms with Crippen LogP contribution in [0, 0.1) is 0 Å². The topological polar surface area (TPSA) is 78.9 Å². The summed E-state index contributed by atoms with van der Waals surface area (Å²) in [7, 11) is 0. The lowest BCUT2D eigenvalue weighted by Gasteiger charge is -2.18. The van der Waals surface area contributed by atoms with Crippen molar-refractivity contribution in [2.45, 2.75) is 335 Å². The molecule has 6 heteroatoms. The van der Waals surface area contributed by atoms with Gasteiger partial charge in [-0.3, -0.25) is 14.4 Å². The van der Waals surface area contributed by atoms with Crippen LogP contribution in [-0.2, 0) is 28.6 Å². The minimum Gasteiger partial charge on any atom is -0.462 e. The summed E-state index contributed by atoms with van der Waals surface area (Å²) in [4.78, 5) is 38.3. The molecule has 0 rings (SSSR count). The van der Waals surface area contributed by atoms with E-state index in [-0.39, 0.29) is 31.1 Å². The lowest BCUT2D eigenvalue weighted by atomic mass is 10.0. The van der Waals surface area contributed by atoms with Crippen molar-refractivity contribution in [2.75, 3.05) is 13.2 Å². The SMILES string of the molecule is CC/C=C\C/C=C\C/C=C\C/C=C\C/C=C\C/C=C\C/C=C\C/C=C\C/C=C\CCCCCCCCCC(=O)OCC(COC(=O)CCCCCCCCCCCCCCC)OC(=O)CCCCCCCCCCCCCCCCC. The number of unbranched alkanes of at least 4 members (excludes halogenated alkanes) is 33. The van der Waals surface area contributed by atoms with Crippen molar-refractivity contribution in [2.24, 2.45) is 0 Å². The minimum absolute atomic E-state index is 0.0763. The molecule has 6 nitrogen and oxygen atoms in total. The molecule has 0 aliphatic rings. The normalized spacial score (nSPS) is 12.8. The smallest absolute Gasteiger partial charge is 0.306 e. The predicted octanol–water partition coefficient (Wildman–Crippen LogP) is 23.8. The van der Waals surface area contributed by atoms with Crippen molar-refractivity contribution in [1.82, 2.24) is 0 Å². The highest BCUT2D eigenvalue weighted by Crippen LogP contribution is 2.17. The number of carbonyl (C=O) groups excluding carboxylic acids is 3. The molecule has 0 saturated carbocycles. The molecule has 0 aromatic heterocycles. The minimum atomic E-state index is -0.780. The second-order valence-electron chi connectivity index (χ2n) is 22.7. The van der Waals surface area contributed by atoms with Gasteiger partial charge in [0.25, 0.3) is 0 Å². The van der Waals surface area contributed by atoms with Gasteiger partial charge in [-0.05, 0) is 89.9 Å². The maximum absolute atomic E-state index is 12.9. The van der Waals surface area contributed by atoms with Gasteiger partial charge in [0, 0.05) is 19.3 Å². The molecule has 0 bridgehead atoms. The summed E-state index contributed by atoms with van der Waals surface area (Å²) in [5.41, 5.74) is 0. The van der Waals surface area contributed by atoms with Gasteiger partial charge in [0.1, 0.15) is 13.2 Å². The van der Waals surface area contributed by atoms with Crippen LogP contribution in [0.25, 0.3) is 0 Å². The molecule has 0 amide bonds.